The molecule has 0 aliphatic heterocycles. The molecule has 0 N–H and O–H groups in total. The van der Waals surface area contributed by atoms with Crippen LogP contribution >= 0.6 is 23.2 Å². The van der Waals surface area contributed by atoms with Gasteiger partial charge < -0.3 is 0 Å². The predicted molar refractivity (Wildman–Crippen MR) is 17.1 cm³/mol. The zero-order valence-electron chi connectivity index (χ0n) is 2.16. The van der Waals surface area contributed by atoms with Gasteiger partial charge in [-0.25, -0.2) is 0 Å². The molecule has 0 aromatic rings. The number of hydrogen-bond acceptors (Lipinski definition) is 1. The molecule has 0 amide bonds. The normalized spacial score (nSPS) is 5.20. The average Bonchev–Trinajstić information content (AvgIpc) is 0.811. The van der Waals surface area contributed by atoms with E-state index in [0.717, 1.165) is 0 Å². The average molecular weight is 147 g/mol. The fourth-order valence-corrected chi connectivity index (χ4v) is 0. The van der Waals surface area contributed by atoms with Gasteiger partial charge in [-0.15, -0.1) is 0 Å². The zero-order chi connectivity index (χ0) is 3.58. The minimum Gasteiger partial charge on any atom is -0.262 e. The van der Waals surface area contributed by atoms with Gasteiger partial charge in [-0.1, -0.05) is 0 Å². The summed E-state index contributed by atoms with van der Waals surface area (Å²) >= 11 is 8.80. The molecule has 0 rings (SSSR count). The molecule has 0 saturated heterocycles. The van der Waals surface area contributed by atoms with Crippen LogP contribution in [-0.2, 0) is 21.7 Å². The van der Waals surface area contributed by atoms with Crippen LogP contribution in [0.3, 0.4) is 0 Å². The predicted octanol–water partition coefficient (Wildman–Crippen LogP) is 1.58. The molecular weight excluding hydrogens is 147 g/mol. The molecule has 28 valence electrons. The SMILES string of the molecule is O=C(Cl)Cl.[Ti]. The van der Waals surface area contributed by atoms with E-state index in [9.17, 15) is 0 Å². The largest absolute Gasteiger partial charge is 0.313 e. The summed E-state index contributed by atoms with van der Waals surface area (Å²) in [6.07, 6.45) is 0. The third kappa shape index (κ3) is 46.9. The van der Waals surface area contributed by atoms with Gasteiger partial charge in [-0.2, -0.15) is 0 Å². The molecule has 1 nitrogen and oxygen atoms in total. The Balaban J connectivity index is 0. The zero-order valence-corrected chi connectivity index (χ0v) is 5.24. The standard InChI is InChI=1S/CCl2O.Ti/c2-1(3)4;. The molecule has 0 spiro atoms. The fraction of sp³-hybridized carbons (Fsp3) is 0. The van der Waals surface area contributed by atoms with Crippen LogP contribution < -0.4 is 0 Å². The Kier molecular flexibility index (Phi) is 9.29. The van der Waals surface area contributed by atoms with Crippen molar-refractivity contribution < 1.29 is 26.5 Å². The van der Waals surface area contributed by atoms with Crippen molar-refractivity contribution in [1.82, 2.24) is 0 Å². The first-order valence-corrected chi connectivity index (χ1v) is 1.34. The monoisotopic (exact) mass is 146 g/mol. The first-order valence-electron chi connectivity index (χ1n) is 0.582. The molecule has 0 heterocycles. The van der Waals surface area contributed by atoms with Gasteiger partial charge in [0.15, 0.2) is 0 Å². The Labute approximate surface area is 54.5 Å². The van der Waals surface area contributed by atoms with Crippen molar-refractivity contribution in [3.8, 4) is 0 Å². The van der Waals surface area contributed by atoms with E-state index in [1.54, 1.807) is 0 Å². The van der Waals surface area contributed by atoms with Crippen molar-refractivity contribution in [2.75, 3.05) is 0 Å². The van der Waals surface area contributed by atoms with Crippen LogP contribution in [0.1, 0.15) is 0 Å². The Morgan fingerprint density at radius 3 is 1.40 bits per heavy atom. The summed E-state index contributed by atoms with van der Waals surface area (Å²) in [6, 6.07) is 0. The maximum Gasteiger partial charge on any atom is 0.313 e. The van der Waals surface area contributed by atoms with Crippen LogP contribution in [0.4, 0.5) is 4.79 Å². The number of carbonyl (C=O) groups is 1. The summed E-state index contributed by atoms with van der Waals surface area (Å²) in [5, 5.41) is 0. The van der Waals surface area contributed by atoms with E-state index in [0.29, 0.717) is 0 Å². The van der Waals surface area contributed by atoms with Crippen molar-refractivity contribution in [3.05, 3.63) is 0 Å². The van der Waals surface area contributed by atoms with Gasteiger partial charge in [0.25, 0.3) is 0 Å². The molecule has 5 heavy (non-hydrogen) atoms. The topological polar surface area (TPSA) is 17.1 Å². The van der Waals surface area contributed by atoms with Crippen LogP contribution in [0.2, 0.25) is 0 Å². The molecule has 0 aromatic carbocycles. The summed E-state index contributed by atoms with van der Waals surface area (Å²) in [5.41, 5.74) is 0. The van der Waals surface area contributed by atoms with Crippen LogP contribution in [0, 0.1) is 0 Å². The molecule has 0 saturated carbocycles. The van der Waals surface area contributed by atoms with E-state index in [2.05, 4.69) is 23.2 Å². The first kappa shape index (κ1) is 9.35. The second kappa shape index (κ2) is 4.96. The van der Waals surface area contributed by atoms with Crippen molar-refractivity contribution >= 4 is 27.9 Å². The van der Waals surface area contributed by atoms with E-state index in [1.807, 2.05) is 0 Å². The van der Waals surface area contributed by atoms with Gasteiger partial charge in [-0.3, -0.25) is 4.79 Å². The van der Waals surface area contributed by atoms with Gasteiger partial charge in [0, 0.05) is 21.7 Å². The second-order valence-electron chi connectivity index (χ2n) is 0.226. The third-order valence-electron chi connectivity index (χ3n) is 0. The summed E-state index contributed by atoms with van der Waals surface area (Å²) in [7, 11) is 0. The summed E-state index contributed by atoms with van der Waals surface area (Å²) in [4.78, 5) is 8.98. The first-order chi connectivity index (χ1) is 1.73. The summed E-state index contributed by atoms with van der Waals surface area (Å²) < 4.78 is -0.889. The molecular formula is CCl2OTi. The minimum absolute atomic E-state index is 0. The van der Waals surface area contributed by atoms with Crippen LogP contribution in [0.5, 0.6) is 0 Å². The van der Waals surface area contributed by atoms with E-state index in [1.165, 1.54) is 0 Å². The number of hydrogen-bond donors (Lipinski definition) is 0. The molecule has 0 unspecified atom stereocenters. The van der Waals surface area contributed by atoms with Crippen LogP contribution in [0.25, 0.3) is 0 Å². The smallest absolute Gasteiger partial charge is 0.262 e. The van der Waals surface area contributed by atoms with E-state index >= 15 is 0 Å². The Bertz CT molecular complexity index is 32.6. The maximum absolute atomic E-state index is 8.98. The van der Waals surface area contributed by atoms with Gasteiger partial charge in [-0.05, 0) is 23.2 Å². The van der Waals surface area contributed by atoms with Crippen molar-refractivity contribution in [2.24, 2.45) is 0 Å². The fourth-order valence-electron chi connectivity index (χ4n) is 0. The number of rotatable bonds is 0. The summed E-state index contributed by atoms with van der Waals surface area (Å²) in [6.45, 7) is 0. The van der Waals surface area contributed by atoms with Gasteiger partial charge in [0.2, 0.25) is 0 Å². The molecule has 0 aliphatic carbocycles. The van der Waals surface area contributed by atoms with E-state index < -0.39 is 4.70 Å². The summed E-state index contributed by atoms with van der Waals surface area (Å²) in [5.74, 6) is 0. The maximum atomic E-state index is 8.98. The van der Waals surface area contributed by atoms with Crippen LogP contribution in [0.15, 0.2) is 0 Å². The van der Waals surface area contributed by atoms with Gasteiger partial charge in [0.1, 0.15) is 0 Å². The van der Waals surface area contributed by atoms with E-state index in [4.69, 9.17) is 4.79 Å². The third-order valence-corrected chi connectivity index (χ3v) is 0. The van der Waals surface area contributed by atoms with E-state index in [-0.39, 0.29) is 21.7 Å². The molecule has 0 radical (unpaired) electrons. The quantitative estimate of drug-likeness (QED) is 0.375. The van der Waals surface area contributed by atoms with Crippen molar-refractivity contribution in [2.45, 2.75) is 0 Å². The molecule has 0 bridgehead atoms. The molecule has 0 fully saturated rings. The van der Waals surface area contributed by atoms with Crippen LogP contribution in [-0.4, -0.2) is 4.70 Å². The molecule has 0 aliphatic rings. The number of halogens is 2. The number of carbonyl (C=O) groups excluding carboxylic acids is 1. The Morgan fingerprint density at radius 1 is 1.40 bits per heavy atom. The Hall–Kier alpha value is 0.964. The van der Waals surface area contributed by atoms with Gasteiger partial charge >= 0.3 is 4.70 Å². The second-order valence-corrected chi connectivity index (χ2v) is 1.11. The van der Waals surface area contributed by atoms with Crippen molar-refractivity contribution in [3.63, 3.8) is 0 Å². The molecule has 0 aromatic heterocycles. The molecule has 0 atom stereocenters. The van der Waals surface area contributed by atoms with Gasteiger partial charge in [0.05, 0.1) is 0 Å². The molecule has 4 heteroatoms. The Morgan fingerprint density at radius 2 is 1.40 bits per heavy atom. The minimum atomic E-state index is -0.889. The van der Waals surface area contributed by atoms with Crippen molar-refractivity contribution in [1.29, 1.82) is 0 Å².